The molecule has 0 radical (unpaired) electrons. The first-order valence-electron chi connectivity index (χ1n) is 10.2. The van der Waals surface area contributed by atoms with Gasteiger partial charge in [0.05, 0.1) is 31.7 Å². The average molecular weight is 470 g/mol. The number of esters is 1. The smallest absolute Gasteiger partial charge is 0.340 e. The predicted molar refractivity (Wildman–Crippen MR) is 120 cm³/mol. The van der Waals surface area contributed by atoms with Crippen LogP contribution in [-0.2, 0) is 16.0 Å². The molecular formula is C24H23FN2O7. The second kappa shape index (κ2) is 11.5. The molecule has 0 fully saturated rings. The van der Waals surface area contributed by atoms with Gasteiger partial charge in [-0.2, -0.15) is 0 Å². The quantitative estimate of drug-likeness (QED) is 0.437. The summed E-state index contributed by atoms with van der Waals surface area (Å²) in [5, 5.41) is 5.19. The average Bonchev–Trinajstić information content (AvgIpc) is 3.39. The Kier molecular flexibility index (Phi) is 8.22. The highest BCUT2D eigenvalue weighted by atomic mass is 19.1. The van der Waals surface area contributed by atoms with Gasteiger partial charge in [-0.1, -0.05) is 12.1 Å². The zero-order valence-electron chi connectivity index (χ0n) is 18.6. The Bertz CT molecular complexity index is 1140. The third-order valence-corrected chi connectivity index (χ3v) is 4.72. The van der Waals surface area contributed by atoms with E-state index in [2.05, 4.69) is 10.6 Å². The zero-order chi connectivity index (χ0) is 24.5. The third kappa shape index (κ3) is 6.35. The number of hydrogen-bond donors (Lipinski definition) is 2. The molecule has 0 aliphatic rings. The van der Waals surface area contributed by atoms with E-state index in [0.29, 0.717) is 6.42 Å². The summed E-state index contributed by atoms with van der Waals surface area (Å²) < 4.78 is 33.6. The van der Waals surface area contributed by atoms with Crippen molar-refractivity contribution in [1.82, 2.24) is 5.32 Å². The van der Waals surface area contributed by atoms with E-state index in [1.54, 1.807) is 18.2 Å². The van der Waals surface area contributed by atoms with Gasteiger partial charge in [-0.15, -0.1) is 0 Å². The Morgan fingerprint density at radius 3 is 2.35 bits per heavy atom. The minimum absolute atomic E-state index is 0.0367. The van der Waals surface area contributed by atoms with Crippen LogP contribution in [0.3, 0.4) is 0 Å². The molecule has 0 atom stereocenters. The lowest BCUT2D eigenvalue weighted by molar-refractivity contribution is -0.124. The second-order valence-corrected chi connectivity index (χ2v) is 6.99. The Morgan fingerprint density at radius 2 is 1.71 bits per heavy atom. The van der Waals surface area contributed by atoms with Crippen LogP contribution in [0.4, 0.5) is 10.1 Å². The number of hydrogen-bond acceptors (Lipinski definition) is 7. The Balaban J connectivity index is 1.64. The van der Waals surface area contributed by atoms with Crippen LogP contribution in [0.5, 0.6) is 11.5 Å². The summed E-state index contributed by atoms with van der Waals surface area (Å²) in [6, 6.07) is 11.7. The predicted octanol–water partition coefficient (Wildman–Crippen LogP) is 3.20. The Morgan fingerprint density at radius 1 is 1.00 bits per heavy atom. The van der Waals surface area contributed by atoms with Gasteiger partial charge in [0.1, 0.15) is 5.82 Å². The number of anilines is 1. The fourth-order valence-corrected chi connectivity index (χ4v) is 3.00. The molecule has 0 aliphatic carbocycles. The van der Waals surface area contributed by atoms with Crippen LogP contribution in [0.2, 0.25) is 0 Å². The molecule has 0 saturated heterocycles. The van der Waals surface area contributed by atoms with Gasteiger partial charge < -0.3 is 29.3 Å². The van der Waals surface area contributed by atoms with Crippen LogP contribution in [0, 0.1) is 5.82 Å². The minimum atomic E-state index is -0.857. The largest absolute Gasteiger partial charge is 0.493 e. The normalized spacial score (nSPS) is 10.3. The number of rotatable bonds is 10. The molecule has 10 heteroatoms. The van der Waals surface area contributed by atoms with E-state index in [0.717, 1.165) is 5.56 Å². The van der Waals surface area contributed by atoms with Crippen molar-refractivity contribution in [3.8, 4) is 11.5 Å². The first-order valence-corrected chi connectivity index (χ1v) is 10.2. The maximum Gasteiger partial charge on any atom is 0.340 e. The molecule has 178 valence electrons. The molecule has 2 N–H and O–H groups in total. The Labute approximate surface area is 194 Å². The van der Waals surface area contributed by atoms with Gasteiger partial charge in [0.25, 0.3) is 11.8 Å². The van der Waals surface area contributed by atoms with Crippen molar-refractivity contribution in [3.05, 3.63) is 77.5 Å². The Hall–Kier alpha value is -4.34. The van der Waals surface area contributed by atoms with Gasteiger partial charge in [-0.05, 0) is 36.2 Å². The number of methoxy groups -OCH3 is 2. The fraction of sp³-hybridized carbons (Fsp3) is 0.208. The van der Waals surface area contributed by atoms with Crippen LogP contribution in [0.1, 0.15) is 26.5 Å². The van der Waals surface area contributed by atoms with Crippen LogP contribution in [-0.4, -0.2) is 45.2 Å². The minimum Gasteiger partial charge on any atom is -0.493 e. The molecular weight excluding hydrogens is 447 g/mol. The molecule has 2 amide bonds. The van der Waals surface area contributed by atoms with Crippen molar-refractivity contribution in [2.45, 2.75) is 6.42 Å². The molecule has 9 nitrogen and oxygen atoms in total. The molecule has 1 heterocycles. The topological polar surface area (TPSA) is 116 Å². The number of furan rings is 1. The van der Waals surface area contributed by atoms with Crippen molar-refractivity contribution in [3.63, 3.8) is 0 Å². The lowest BCUT2D eigenvalue weighted by Crippen LogP contribution is -2.30. The molecule has 3 aromatic rings. The molecule has 3 rings (SSSR count). The molecule has 0 aliphatic heterocycles. The van der Waals surface area contributed by atoms with Crippen LogP contribution in [0.25, 0.3) is 0 Å². The molecule has 34 heavy (non-hydrogen) atoms. The number of amides is 2. The van der Waals surface area contributed by atoms with Crippen molar-refractivity contribution in [1.29, 1.82) is 0 Å². The van der Waals surface area contributed by atoms with Gasteiger partial charge in [0.2, 0.25) is 0 Å². The molecule has 0 bridgehead atoms. The first kappa shape index (κ1) is 24.3. The molecule has 2 aromatic carbocycles. The maximum atomic E-state index is 13.0. The lowest BCUT2D eigenvalue weighted by Gasteiger charge is -2.15. The van der Waals surface area contributed by atoms with Crippen molar-refractivity contribution in [2.75, 3.05) is 32.7 Å². The van der Waals surface area contributed by atoms with Crippen LogP contribution in [0.15, 0.2) is 59.2 Å². The maximum absolute atomic E-state index is 13.0. The summed E-state index contributed by atoms with van der Waals surface area (Å²) >= 11 is 0. The lowest BCUT2D eigenvalue weighted by atomic mass is 10.1. The highest BCUT2D eigenvalue weighted by Gasteiger charge is 2.21. The summed E-state index contributed by atoms with van der Waals surface area (Å²) in [4.78, 5) is 37.2. The number of nitrogens with one attached hydrogen (secondary N) is 2. The van der Waals surface area contributed by atoms with Crippen molar-refractivity contribution >= 4 is 23.5 Å². The SMILES string of the molecule is COc1cc(NC(=O)c2ccco2)c(C(=O)OCC(=O)NCCc2ccc(F)cc2)cc1OC. The highest BCUT2D eigenvalue weighted by Crippen LogP contribution is 2.34. The molecule has 1 aromatic heterocycles. The molecule has 0 unspecified atom stereocenters. The number of ether oxygens (including phenoxy) is 3. The van der Waals surface area contributed by atoms with Crippen LogP contribution >= 0.6 is 0 Å². The summed E-state index contributed by atoms with van der Waals surface area (Å²) in [5.74, 6) is -1.77. The fourth-order valence-electron chi connectivity index (χ4n) is 3.00. The highest BCUT2D eigenvalue weighted by molar-refractivity contribution is 6.07. The van der Waals surface area contributed by atoms with E-state index in [4.69, 9.17) is 18.6 Å². The van der Waals surface area contributed by atoms with Crippen LogP contribution < -0.4 is 20.1 Å². The number of carbonyl (C=O) groups excluding carboxylic acids is 3. The third-order valence-electron chi connectivity index (χ3n) is 4.72. The standard InChI is InChI=1S/C24H23FN2O7/c1-31-20-12-17(18(13-21(20)32-2)27-23(29)19-4-3-11-33-19)24(30)34-14-22(28)26-10-9-15-5-7-16(25)8-6-15/h3-8,11-13H,9-10,14H2,1-2H3,(H,26,28)(H,27,29). The van der Waals surface area contributed by atoms with Gasteiger partial charge in [0, 0.05) is 18.7 Å². The summed E-state index contributed by atoms with van der Waals surface area (Å²) in [6.45, 7) is -0.259. The first-order chi connectivity index (χ1) is 16.4. The number of carbonyl (C=O) groups is 3. The van der Waals surface area contributed by atoms with E-state index in [1.807, 2.05) is 0 Å². The summed E-state index contributed by atoms with van der Waals surface area (Å²) in [7, 11) is 2.80. The molecule has 0 spiro atoms. The van der Waals surface area contributed by atoms with Gasteiger partial charge >= 0.3 is 5.97 Å². The van der Waals surface area contributed by atoms with E-state index >= 15 is 0 Å². The zero-order valence-corrected chi connectivity index (χ0v) is 18.6. The van der Waals surface area contributed by atoms with Gasteiger partial charge in [-0.25, -0.2) is 9.18 Å². The molecule has 0 saturated carbocycles. The van der Waals surface area contributed by atoms with E-state index < -0.39 is 24.4 Å². The number of benzene rings is 2. The van der Waals surface area contributed by atoms with E-state index in [-0.39, 0.29) is 40.9 Å². The van der Waals surface area contributed by atoms with E-state index in [9.17, 15) is 18.8 Å². The van der Waals surface area contributed by atoms with Gasteiger partial charge in [-0.3, -0.25) is 9.59 Å². The number of halogens is 1. The monoisotopic (exact) mass is 470 g/mol. The summed E-state index contributed by atoms with van der Waals surface area (Å²) in [5.41, 5.74) is 0.887. The van der Waals surface area contributed by atoms with E-state index in [1.165, 1.54) is 50.8 Å². The van der Waals surface area contributed by atoms with Crippen molar-refractivity contribution < 1.29 is 37.4 Å². The summed E-state index contributed by atoms with van der Waals surface area (Å²) in [6.07, 6.45) is 1.83. The second-order valence-electron chi connectivity index (χ2n) is 6.99. The van der Waals surface area contributed by atoms with Gasteiger partial charge in [0.15, 0.2) is 23.9 Å². The van der Waals surface area contributed by atoms with Crippen molar-refractivity contribution in [2.24, 2.45) is 0 Å².